The molecule has 0 radical (unpaired) electrons. The maximum atomic E-state index is 12.8. The van der Waals surface area contributed by atoms with E-state index in [1.807, 2.05) is 13.0 Å². The summed E-state index contributed by atoms with van der Waals surface area (Å²) in [7, 11) is -5.70. The molecular formula is C17H16F3N3O5S2. The highest BCUT2D eigenvalue weighted by Gasteiger charge is 2.47. The highest BCUT2D eigenvalue weighted by Crippen LogP contribution is 2.36. The Hall–Kier alpha value is -2.67. The van der Waals surface area contributed by atoms with E-state index in [4.69, 9.17) is 0 Å². The zero-order valence-corrected chi connectivity index (χ0v) is 17.2. The number of sulfone groups is 1. The fourth-order valence-electron chi connectivity index (χ4n) is 3.07. The predicted octanol–water partition coefficient (Wildman–Crippen LogP) is 3.22. The van der Waals surface area contributed by atoms with E-state index in [1.165, 1.54) is 11.3 Å². The summed E-state index contributed by atoms with van der Waals surface area (Å²) in [5.74, 6) is -0.158. The van der Waals surface area contributed by atoms with Crippen molar-refractivity contribution in [3.8, 4) is 0 Å². The van der Waals surface area contributed by atoms with E-state index in [0.29, 0.717) is 17.0 Å². The Kier molecular flexibility index (Phi) is 5.78. The summed E-state index contributed by atoms with van der Waals surface area (Å²) >= 11 is 1.36. The number of nitro benzene ring substituents is 1. The van der Waals surface area contributed by atoms with Gasteiger partial charge in [0.25, 0.3) is 21.4 Å². The minimum atomic E-state index is -5.70. The molecule has 0 spiro atoms. The van der Waals surface area contributed by atoms with Gasteiger partial charge in [0.2, 0.25) is 0 Å². The fraction of sp³-hybridized carbons (Fsp3) is 0.353. The molecule has 0 bridgehead atoms. The summed E-state index contributed by atoms with van der Waals surface area (Å²) in [5.41, 5.74) is -6.30. The number of amides is 1. The van der Waals surface area contributed by atoms with E-state index in [9.17, 15) is 36.5 Å². The van der Waals surface area contributed by atoms with Crippen molar-refractivity contribution in [2.24, 2.45) is 0 Å². The van der Waals surface area contributed by atoms with Crippen molar-refractivity contribution in [1.29, 1.82) is 0 Å². The number of carbonyl (C=O) groups is 1. The maximum absolute atomic E-state index is 12.8. The molecule has 1 saturated heterocycles. The molecule has 2 aromatic rings. The van der Waals surface area contributed by atoms with Gasteiger partial charge in [-0.25, -0.2) is 8.42 Å². The number of anilines is 1. The Morgan fingerprint density at radius 2 is 1.77 bits per heavy atom. The first-order chi connectivity index (χ1) is 13.9. The van der Waals surface area contributed by atoms with Gasteiger partial charge in [-0.15, -0.1) is 11.3 Å². The number of nitro groups is 1. The standard InChI is InChI=1S/C17H16F3N3O5S2/c1-11-2-5-15(29-11)16(24)22-8-6-21(7-9-22)13-4-3-12(10-14(13)23(25)26)30(27,28)17(18,19)20/h2-5,10H,6-9H2,1H3. The third-order valence-corrected chi connectivity index (χ3v) is 7.09. The van der Waals surface area contributed by atoms with Gasteiger partial charge in [-0.2, -0.15) is 13.2 Å². The van der Waals surface area contributed by atoms with E-state index in [1.54, 1.807) is 15.9 Å². The second kappa shape index (κ2) is 7.87. The van der Waals surface area contributed by atoms with E-state index < -0.39 is 30.9 Å². The average Bonchev–Trinajstić information content (AvgIpc) is 3.12. The van der Waals surface area contributed by atoms with Crippen molar-refractivity contribution >= 4 is 38.5 Å². The number of halogens is 3. The molecule has 13 heteroatoms. The molecule has 2 heterocycles. The van der Waals surface area contributed by atoms with E-state index in [2.05, 4.69) is 0 Å². The number of rotatable bonds is 4. The lowest BCUT2D eigenvalue weighted by molar-refractivity contribution is -0.384. The van der Waals surface area contributed by atoms with Gasteiger partial charge in [0.05, 0.1) is 14.7 Å². The summed E-state index contributed by atoms with van der Waals surface area (Å²) in [4.78, 5) is 26.5. The molecule has 1 aromatic heterocycles. The maximum Gasteiger partial charge on any atom is 0.501 e. The van der Waals surface area contributed by atoms with Crippen molar-refractivity contribution in [3.05, 3.63) is 50.2 Å². The molecule has 1 aliphatic heterocycles. The lowest BCUT2D eigenvalue weighted by atomic mass is 10.2. The van der Waals surface area contributed by atoms with Crippen LogP contribution in [-0.2, 0) is 9.84 Å². The van der Waals surface area contributed by atoms with Crippen LogP contribution < -0.4 is 4.90 Å². The number of alkyl halides is 3. The minimum Gasteiger partial charge on any atom is -0.362 e. The van der Waals surface area contributed by atoms with Crippen LogP contribution in [0.25, 0.3) is 0 Å². The monoisotopic (exact) mass is 463 g/mol. The first-order valence-electron chi connectivity index (χ1n) is 8.62. The first-order valence-corrected chi connectivity index (χ1v) is 10.9. The second-order valence-electron chi connectivity index (χ2n) is 6.55. The van der Waals surface area contributed by atoms with Crippen LogP contribution in [0.3, 0.4) is 0 Å². The van der Waals surface area contributed by atoms with Crippen LogP contribution in [-0.4, -0.2) is 55.8 Å². The quantitative estimate of drug-likeness (QED) is 0.510. The van der Waals surface area contributed by atoms with Crippen LogP contribution in [0.15, 0.2) is 35.2 Å². The van der Waals surface area contributed by atoms with E-state index in [0.717, 1.165) is 10.9 Å². The van der Waals surface area contributed by atoms with E-state index in [-0.39, 0.29) is 37.8 Å². The molecule has 0 atom stereocenters. The van der Waals surface area contributed by atoms with Crippen molar-refractivity contribution in [1.82, 2.24) is 4.90 Å². The smallest absolute Gasteiger partial charge is 0.362 e. The highest BCUT2D eigenvalue weighted by atomic mass is 32.2. The number of benzene rings is 1. The number of thiophene rings is 1. The van der Waals surface area contributed by atoms with Gasteiger partial charge >= 0.3 is 5.51 Å². The number of hydrogen-bond donors (Lipinski definition) is 0. The molecule has 1 aliphatic rings. The van der Waals surface area contributed by atoms with Gasteiger partial charge in [-0.05, 0) is 31.2 Å². The third kappa shape index (κ3) is 4.12. The Labute approximate surface area is 173 Å². The fourth-order valence-corrected chi connectivity index (χ4v) is 4.69. The summed E-state index contributed by atoms with van der Waals surface area (Å²) in [6, 6.07) is 5.67. The lowest BCUT2D eigenvalue weighted by Gasteiger charge is -2.35. The molecule has 1 fully saturated rings. The molecule has 3 rings (SSSR count). The number of aryl methyl sites for hydroxylation is 1. The van der Waals surface area contributed by atoms with Crippen molar-refractivity contribution in [2.75, 3.05) is 31.1 Å². The topological polar surface area (TPSA) is 101 Å². The van der Waals surface area contributed by atoms with Crippen LogP contribution in [0.1, 0.15) is 14.5 Å². The largest absolute Gasteiger partial charge is 0.501 e. The van der Waals surface area contributed by atoms with Gasteiger partial charge in [-0.1, -0.05) is 0 Å². The Bertz CT molecular complexity index is 1090. The molecule has 30 heavy (non-hydrogen) atoms. The molecule has 162 valence electrons. The molecule has 8 nitrogen and oxygen atoms in total. The zero-order chi connectivity index (χ0) is 22.3. The van der Waals surface area contributed by atoms with Crippen molar-refractivity contribution in [2.45, 2.75) is 17.3 Å². The molecule has 0 aliphatic carbocycles. The average molecular weight is 463 g/mol. The summed E-state index contributed by atoms with van der Waals surface area (Å²) < 4.78 is 61.4. The van der Waals surface area contributed by atoms with Gasteiger partial charge in [0.15, 0.2) is 0 Å². The number of carbonyl (C=O) groups excluding carboxylic acids is 1. The first kappa shape index (κ1) is 22.0. The molecular weight excluding hydrogens is 447 g/mol. The molecule has 1 amide bonds. The van der Waals surface area contributed by atoms with Crippen molar-refractivity contribution < 1.29 is 31.3 Å². The van der Waals surface area contributed by atoms with Crippen LogP contribution in [0.4, 0.5) is 24.5 Å². The summed E-state index contributed by atoms with van der Waals surface area (Å²) in [5, 5.41) is 11.4. The zero-order valence-electron chi connectivity index (χ0n) is 15.5. The second-order valence-corrected chi connectivity index (χ2v) is 9.78. The van der Waals surface area contributed by atoms with Crippen molar-refractivity contribution in [3.63, 3.8) is 0 Å². The van der Waals surface area contributed by atoms with Gasteiger partial charge in [-0.3, -0.25) is 14.9 Å². The van der Waals surface area contributed by atoms with E-state index >= 15 is 0 Å². The SMILES string of the molecule is Cc1ccc(C(=O)N2CCN(c3ccc(S(=O)(=O)C(F)(F)F)cc3[N+](=O)[O-])CC2)s1. The van der Waals surface area contributed by atoms with Crippen LogP contribution in [0, 0.1) is 17.0 Å². The van der Waals surface area contributed by atoms with Gasteiger partial charge in [0.1, 0.15) is 5.69 Å². The summed E-state index contributed by atoms with van der Waals surface area (Å²) in [6.07, 6.45) is 0. The Balaban J connectivity index is 1.82. The molecule has 0 N–H and O–H groups in total. The highest BCUT2D eigenvalue weighted by molar-refractivity contribution is 7.92. The molecule has 0 unspecified atom stereocenters. The normalized spacial score (nSPS) is 15.3. The Morgan fingerprint density at radius 3 is 2.27 bits per heavy atom. The molecule has 0 saturated carbocycles. The number of hydrogen-bond acceptors (Lipinski definition) is 7. The van der Waals surface area contributed by atoms with Gasteiger partial charge in [0, 0.05) is 37.1 Å². The van der Waals surface area contributed by atoms with Crippen LogP contribution in [0.5, 0.6) is 0 Å². The Morgan fingerprint density at radius 1 is 1.13 bits per heavy atom. The lowest BCUT2D eigenvalue weighted by Crippen LogP contribution is -2.48. The third-order valence-electron chi connectivity index (χ3n) is 4.62. The van der Waals surface area contributed by atoms with Crippen LogP contribution >= 0.6 is 11.3 Å². The number of nitrogens with zero attached hydrogens (tertiary/aromatic N) is 3. The molecule has 1 aromatic carbocycles. The summed E-state index contributed by atoms with van der Waals surface area (Å²) in [6.45, 7) is 2.82. The predicted molar refractivity (Wildman–Crippen MR) is 104 cm³/mol. The number of piperazine rings is 1. The van der Waals surface area contributed by atoms with Crippen LogP contribution in [0.2, 0.25) is 0 Å². The minimum absolute atomic E-state index is 0.000177. The van der Waals surface area contributed by atoms with Gasteiger partial charge < -0.3 is 9.80 Å².